The number of rotatable bonds is 0. The predicted octanol–water partition coefficient (Wildman–Crippen LogP) is -2.37. The average molecular weight is 147 g/mol. The van der Waals surface area contributed by atoms with E-state index in [1.165, 1.54) is 0 Å². The smallest absolute Gasteiger partial charge is 0.652 e. The first-order chi connectivity index (χ1) is 3.15. The zero-order chi connectivity index (χ0) is 6.28. The van der Waals surface area contributed by atoms with Crippen LogP contribution < -0.4 is 10.2 Å². The van der Waals surface area contributed by atoms with Crippen LogP contribution in [0.1, 0.15) is 0 Å². The minimum Gasteiger partial charge on any atom is -0.652 e. The van der Waals surface area contributed by atoms with E-state index in [2.05, 4.69) is 0 Å². The van der Waals surface area contributed by atoms with Crippen LogP contribution in [0.25, 0.3) is 0 Å². The summed E-state index contributed by atoms with van der Waals surface area (Å²) >= 11 is -2.58. The molecule has 3 nitrogen and oxygen atoms in total. The van der Waals surface area contributed by atoms with Crippen molar-refractivity contribution in [3.8, 4) is 0 Å². The van der Waals surface area contributed by atoms with Crippen molar-refractivity contribution in [2.45, 2.75) is 0 Å². The summed E-state index contributed by atoms with van der Waals surface area (Å²) in [5.74, 6) is 0. The van der Waals surface area contributed by atoms with Crippen LogP contribution in [0.2, 0.25) is 0 Å². The van der Waals surface area contributed by atoms with Gasteiger partial charge in [-0.05, 0) is 6.16 Å². The normalized spacial score (nSPS) is 4.25. The van der Waals surface area contributed by atoms with E-state index in [4.69, 9.17) is 15.0 Å². The molecule has 0 rings (SSSR count). The molecule has 0 aromatic rings. The van der Waals surface area contributed by atoms with Gasteiger partial charge in [0, 0.05) is 0 Å². The number of carbonyl (C=O) groups is 1. The summed E-state index contributed by atoms with van der Waals surface area (Å²) < 4.78 is 19.5. The second-order valence-corrected chi connectivity index (χ2v) is 0.553. The Morgan fingerprint density at radius 1 is 1.38 bits per heavy atom. The molecule has 0 saturated carbocycles. The van der Waals surface area contributed by atoms with Crippen molar-refractivity contribution in [2.75, 3.05) is 0 Å². The molecular weight excluding hydrogens is 147 g/mol. The minimum absolute atomic E-state index is 0. The summed E-state index contributed by atoms with van der Waals surface area (Å²) in [5, 5.41) is 16.7. The Kier molecular flexibility index (Phi) is 31.0. The monoisotopic (exact) mass is 146 g/mol. The molecule has 0 atom stereocenters. The molecular formula is CF2Mg2O3. The molecule has 0 fully saturated rings. The van der Waals surface area contributed by atoms with Gasteiger partial charge in [-0.3, -0.25) is 0 Å². The van der Waals surface area contributed by atoms with Gasteiger partial charge in [0.1, 0.15) is 0 Å². The van der Waals surface area contributed by atoms with Crippen LogP contribution in [-0.4, -0.2) is 50.7 Å². The molecule has 40 valence electrons. The van der Waals surface area contributed by atoms with Gasteiger partial charge in [-0.2, -0.15) is 0 Å². The van der Waals surface area contributed by atoms with Crippen molar-refractivity contribution < 1.29 is 20.9 Å². The maximum absolute atomic E-state index is 9.76. The Morgan fingerprint density at radius 2 is 1.38 bits per heavy atom. The zero-order valence-electron chi connectivity index (χ0n) is 3.89. The summed E-state index contributed by atoms with van der Waals surface area (Å²) in [6.07, 6.45) is -2.33. The zero-order valence-corrected chi connectivity index (χ0v) is 6.72. The maximum Gasteiger partial charge on any atom is 2.00 e. The molecule has 0 aliphatic carbocycles. The molecule has 0 bridgehead atoms. The summed E-state index contributed by atoms with van der Waals surface area (Å²) in [7, 11) is 0. The van der Waals surface area contributed by atoms with Crippen molar-refractivity contribution in [1.82, 2.24) is 0 Å². The fourth-order valence-corrected chi connectivity index (χ4v) is 0. The van der Waals surface area contributed by atoms with Crippen LogP contribution in [0.4, 0.5) is 10.7 Å². The molecule has 0 aliphatic heterocycles. The van der Waals surface area contributed by atoms with Crippen molar-refractivity contribution in [3.63, 3.8) is 0 Å². The van der Waals surface area contributed by atoms with E-state index in [9.17, 15) is 5.91 Å². The largest absolute Gasteiger partial charge is 2.00 e. The molecule has 0 saturated heterocycles. The van der Waals surface area contributed by atoms with Crippen molar-refractivity contribution in [2.24, 2.45) is 0 Å². The number of halogens is 2. The van der Waals surface area contributed by atoms with E-state index < -0.39 is 27.6 Å². The summed E-state index contributed by atoms with van der Waals surface area (Å²) in [5.41, 5.74) is 0. The van der Waals surface area contributed by atoms with Gasteiger partial charge in [0.15, 0.2) is 0 Å². The Bertz CT molecular complexity index is 46.5. The van der Waals surface area contributed by atoms with Gasteiger partial charge in [0.05, 0.1) is 0 Å². The van der Waals surface area contributed by atoms with Crippen LogP contribution in [-0.2, 0) is 0 Å². The molecule has 0 spiro atoms. The van der Waals surface area contributed by atoms with Gasteiger partial charge in [0.2, 0.25) is 0 Å². The quantitative estimate of drug-likeness (QED) is 0.359. The fraction of sp³-hybridized carbons (Fsp3) is 0. The van der Waals surface area contributed by atoms with E-state index in [-0.39, 0.29) is 23.1 Å². The van der Waals surface area contributed by atoms with Crippen molar-refractivity contribution in [3.05, 3.63) is 0 Å². The van der Waals surface area contributed by atoms with E-state index in [1.807, 2.05) is 0 Å². The second kappa shape index (κ2) is 15.6. The van der Waals surface area contributed by atoms with Gasteiger partial charge in [-0.1, -0.05) is 0 Å². The summed E-state index contributed by atoms with van der Waals surface area (Å²) in [6.45, 7) is 0. The number of hydrogen-bond donors (Lipinski definition) is 0. The minimum atomic E-state index is -2.58. The molecule has 0 unspecified atom stereocenters. The first-order valence-electron chi connectivity index (χ1n) is 1.15. The third kappa shape index (κ3) is 487. The van der Waals surface area contributed by atoms with E-state index in [1.54, 1.807) is 0 Å². The third-order valence-corrected chi connectivity index (χ3v) is 0. The van der Waals surface area contributed by atoms with Crippen LogP contribution in [0, 0.1) is 0 Å². The van der Waals surface area contributed by atoms with Crippen molar-refractivity contribution in [1.29, 1.82) is 0 Å². The Labute approximate surface area is 71.4 Å². The SMILES string of the molecule is O=C([O-])[O-].[F][Mg][F].[Mg+2]. The molecule has 0 aromatic carbocycles. The van der Waals surface area contributed by atoms with Gasteiger partial charge in [-0.25, -0.2) is 0 Å². The molecule has 0 aliphatic rings. The summed E-state index contributed by atoms with van der Waals surface area (Å²) in [4.78, 5) is 8.33. The van der Waals surface area contributed by atoms with Gasteiger partial charge >= 0.3 is 44.5 Å². The molecule has 7 heteroatoms. The summed E-state index contributed by atoms with van der Waals surface area (Å²) in [6, 6.07) is 0. The Hall–Kier alpha value is 0.662. The Morgan fingerprint density at radius 3 is 1.38 bits per heavy atom. The number of hydrogen-bond acceptors (Lipinski definition) is 3. The van der Waals surface area contributed by atoms with Crippen LogP contribution in [0.3, 0.4) is 0 Å². The van der Waals surface area contributed by atoms with Gasteiger partial charge in [-0.15, -0.1) is 0 Å². The fourth-order valence-electron chi connectivity index (χ4n) is 0. The van der Waals surface area contributed by atoms with Gasteiger partial charge in [0.25, 0.3) is 0 Å². The molecule has 0 N–H and O–H groups in total. The molecule has 0 heterocycles. The molecule has 0 amide bonds. The van der Waals surface area contributed by atoms with E-state index in [0.29, 0.717) is 0 Å². The topological polar surface area (TPSA) is 63.2 Å². The molecule has 0 radical (unpaired) electrons. The first-order valence-corrected chi connectivity index (χ1v) is 2.22. The van der Waals surface area contributed by atoms with E-state index in [0.717, 1.165) is 0 Å². The van der Waals surface area contributed by atoms with Gasteiger partial charge < -0.3 is 20.9 Å². The second-order valence-electron chi connectivity index (χ2n) is 0.351. The number of carboxylic acid groups (broad SMARTS) is 2. The Balaban J connectivity index is -0.0000000575. The number of carbonyl (C=O) groups excluding carboxylic acids is 1. The van der Waals surface area contributed by atoms with Crippen LogP contribution in [0.5, 0.6) is 0 Å². The molecule has 0 aromatic heterocycles. The van der Waals surface area contributed by atoms with E-state index >= 15 is 0 Å². The van der Waals surface area contributed by atoms with Crippen LogP contribution in [0.15, 0.2) is 0 Å². The average Bonchev–Trinajstić information content (AvgIpc) is 1.33. The molecule has 8 heavy (non-hydrogen) atoms. The van der Waals surface area contributed by atoms with Crippen molar-refractivity contribution >= 4 is 50.7 Å². The standard InChI is InChI=1S/CH2O3.2FH.2Mg/c2-1(3)4;;;;/h(H2,2,3,4);2*1H;;/q;;;2*+2/p-4. The van der Waals surface area contributed by atoms with Crippen LogP contribution >= 0.6 is 0 Å². The third-order valence-electron chi connectivity index (χ3n) is 0. The maximum atomic E-state index is 9.76. The first kappa shape index (κ1) is 15.9. The predicted molar refractivity (Wildman–Crippen MR) is 19.1 cm³/mol.